The van der Waals surface area contributed by atoms with Crippen LogP contribution in [0.1, 0.15) is 0 Å². The van der Waals surface area contributed by atoms with E-state index in [2.05, 4.69) is 29.8 Å². The second-order valence-corrected chi connectivity index (χ2v) is 22.0. The monoisotopic (exact) mass is 242 g/mol. The molecular weight excluding hydrogens is 227 g/mol. The third kappa shape index (κ3) is 1.49. The van der Waals surface area contributed by atoms with E-state index >= 15 is 0 Å². The Morgan fingerprint density at radius 1 is 1.17 bits per heavy atom. The first kappa shape index (κ1) is 11.0. The van der Waals surface area contributed by atoms with Gasteiger partial charge >= 0.3 is 0 Å². The number of rotatable bonds is 1. The molecule has 0 saturated carbocycles. The van der Waals surface area contributed by atoms with E-state index < -0.39 is 14.1 Å². The molecule has 0 amide bonds. The van der Waals surface area contributed by atoms with Crippen LogP contribution in [-0.2, 0) is 0 Å². The minimum atomic E-state index is -2.04. The SMILES string of the molecule is CN1CCN(C)[Si]1(C)[Si](C)(Cl)Cl. The van der Waals surface area contributed by atoms with Crippen molar-refractivity contribution in [3.63, 3.8) is 0 Å². The van der Waals surface area contributed by atoms with E-state index in [4.69, 9.17) is 22.2 Å². The molecule has 0 aromatic rings. The van der Waals surface area contributed by atoms with E-state index in [0.29, 0.717) is 0 Å². The number of halogens is 2. The van der Waals surface area contributed by atoms with Crippen molar-refractivity contribution in [3.8, 4) is 0 Å². The standard InChI is InChI=1S/C6H16Cl2N2Si2/c1-9-5-6-10(2)12(9,4)11(3,7)8/h5-6H2,1-4H3. The van der Waals surface area contributed by atoms with Crippen LogP contribution in [0.4, 0.5) is 0 Å². The molecule has 0 spiro atoms. The van der Waals surface area contributed by atoms with E-state index in [1.165, 1.54) is 0 Å². The number of hydrogen-bond acceptors (Lipinski definition) is 2. The summed E-state index contributed by atoms with van der Waals surface area (Å²) < 4.78 is 4.78. The van der Waals surface area contributed by atoms with E-state index in [0.717, 1.165) is 13.1 Å². The number of likely N-dealkylation sites (N-methyl/N-ethyl adjacent to an activating group) is 2. The Bertz CT molecular complexity index is 173. The van der Waals surface area contributed by atoms with Crippen LogP contribution in [0.5, 0.6) is 0 Å². The Morgan fingerprint density at radius 2 is 1.50 bits per heavy atom. The number of hydrogen-bond donors (Lipinski definition) is 0. The van der Waals surface area contributed by atoms with Crippen LogP contribution in [0.15, 0.2) is 0 Å². The summed E-state index contributed by atoms with van der Waals surface area (Å²) in [5.74, 6) is 0. The van der Waals surface area contributed by atoms with Gasteiger partial charge in [0.2, 0.25) is 7.91 Å². The molecule has 1 aliphatic heterocycles. The summed E-state index contributed by atoms with van der Waals surface area (Å²) in [6, 6.07) is 0. The Hall–Kier alpha value is 0.934. The Labute approximate surface area is 85.8 Å². The first-order valence-corrected chi connectivity index (χ1v) is 12.0. The molecule has 1 saturated heterocycles. The molecule has 0 aromatic heterocycles. The molecule has 1 rings (SSSR count). The van der Waals surface area contributed by atoms with E-state index in [1.807, 2.05) is 6.55 Å². The van der Waals surface area contributed by atoms with Gasteiger partial charge in [0.15, 0.2) is 0 Å². The highest BCUT2D eigenvalue weighted by Gasteiger charge is 2.56. The minimum Gasteiger partial charge on any atom is -0.314 e. The van der Waals surface area contributed by atoms with Gasteiger partial charge in [0.05, 0.1) is 0 Å². The van der Waals surface area contributed by atoms with Gasteiger partial charge in [-0.3, -0.25) is 0 Å². The summed E-state index contributed by atoms with van der Waals surface area (Å²) in [7, 11) is 2.63. The highest BCUT2D eigenvalue weighted by Crippen LogP contribution is 2.33. The van der Waals surface area contributed by atoms with Crippen molar-refractivity contribution in [3.05, 3.63) is 0 Å². The van der Waals surface area contributed by atoms with Crippen LogP contribution in [0.3, 0.4) is 0 Å². The fourth-order valence-electron chi connectivity index (χ4n) is 1.70. The third-order valence-electron chi connectivity index (χ3n) is 3.09. The van der Waals surface area contributed by atoms with E-state index in [-0.39, 0.29) is 0 Å². The highest BCUT2D eigenvalue weighted by atomic mass is 35.7. The minimum absolute atomic E-state index is 1.11. The lowest BCUT2D eigenvalue weighted by Gasteiger charge is -2.40. The summed E-state index contributed by atoms with van der Waals surface area (Å²) >= 11 is 12.7. The zero-order valence-electron chi connectivity index (χ0n) is 8.06. The maximum atomic E-state index is 6.35. The second kappa shape index (κ2) is 3.26. The molecular formula is C6H16Cl2N2Si2. The third-order valence-corrected chi connectivity index (χ3v) is 21.9. The van der Waals surface area contributed by atoms with Crippen LogP contribution in [0.25, 0.3) is 0 Å². The van der Waals surface area contributed by atoms with Gasteiger partial charge in [0.1, 0.15) is 0 Å². The predicted molar refractivity (Wildman–Crippen MR) is 60.2 cm³/mol. The maximum Gasteiger partial charge on any atom is 0.270 e. The lowest BCUT2D eigenvalue weighted by molar-refractivity contribution is 0.553. The van der Waals surface area contributed by atoms with Gasteiger partial charge in [-0.15, -0.1) is 22.2 Å². The molecule has 0 aliphatic carbocycles. The van der Waals surface area contributed by atoms with Crippen LogP contribution in [0, 0.1) is 0 Å². The zero-order chi connectivity index (χ0) is 9.57. The quantitative estimate of drug-likeness (QED) is 0.509. The van der Waals surface area contributed by atoms with E-state index in [1.54, 1.807) is 0 Å². The average Bonchev–Trinajstić information content (AvgIpc) is 2.16. The van der Waals surface area contributed by atoms with Gasteiger partial charge < -0.3 is 9.13 Å². The van der Waals surface area contributed by atoms with Crippen LogP contribution < -0.4 is 0 Å². The van der Waals surface area contributed by atoms with Crippen molar-refractivity contribution in [2.45, 2.75) is 13.1 Å². The molecule has 72 valence electrons. The van der Waals surface area contributed by atoms with Crippen LogP contribution in [-0.4, -0.2) is 50.4 Å². The normalized spacial score (nSPS) is 26.5. The first-order valence-electron chi connectivity index (χ1n) is 4.10. The number of nitrogens with zero attached hydrogens (tertiary/aromatic N) is 2. The van der Waals surface area contributed by atoms with Crippen molar-refractivity contribution >= 4 is 36.3 Å². The Kier molecular flexibility index (Phi) is 2.99. The molecule has 0 aromatic carbocycles. The second-order valence-electron chi connectivity index (χ2n) is 3.75. The van der Waals surface area contributed by atoms with Crippen molar-refractivity contribution in [2.24, 2.45) is 0 Å². The molecule has 1 aliphatic rings. The molecule has 0 atom stereocenters. The Balaban J connectivity index is 2.94. The molecule has 0 bridgehead atoms. The van der Waals surface area contributed by atoms with Gasteiger partial charge in [-0.05, 0) is 27.2 Å². The predicted octanol–water partition coefficient (Wildman–Crippen LogP) is 1.56. The molecule has 0 N–H and O–H groups in total. The van der Waals surface area contributed by atoms with Crippen molar-refractivity contribution < 1.29 is 0 Å². The molecule has 0 radical (unpaired) electrons. The largest absolute Gasteiger partial charge is 0.314 e. The van der Waals surface area contributed by atoms with Gasteiger partial charge in [-0.25, -0.2) is 0 Å². The van der Waals surface area contributed by atoms with Crippen molar-refractivity contribution in [1.82, 2.24) is 9.13 Å². The Morgan fingerprint density at radius 3 is 1.67 bits per heavy atom. The van der Waals surface area contributed by atoms with Gasteiger partial charge in [0.25, 0.3) is 6.21 Å². The summed E-state index contributed by atoms with van der Waals surface area (Å²) in [5.41, 5.74) is 0. The van der Waals surface area contributed by atoms with Gasteiger partial charge in [-0.1, -0.05) is 0 Å². The molecule has 6 heteroatoms. The summed E-state index contributed by atoms with van der Waals surface area (Å²) in [6.45, 7) is 6.54. The molecule has 0 unspecified atom stereocenters. The van der Waals surface area contributed by atoms with Gasteiger partial charge in [-0.2, -0.15) is 0 Å². The van der Waals surface area contributed by atoms with Crippen LogP contribution in [0.2, 0.25) is 13.1 Å². The summed E-state index contributed by atoms with van der Waals surface area (Å²) in [6.07, 6.45) is -2.04. The fraction of sp³-hybridized carbons (Fsp3) is 1.00. The smallest absolute Gasteiger partial charge is 0.270 e. The zero-order valence-corrected chi connectivity index (χ0v) is 11.6. The molecule has 12 heavy (non-hydrogen) atoms. The lowest BCUT2D eigenvalue weighted by Crippen LogP contribution is -2.67. The topological polar surface area (TPSA) is 6.48 Å². The molecule has 2 nitrogen and oxygen atoms in total. The lowest BCUT2D eigenvalue weighted by atomic mass is 10.6. The average molecular weight is 243 g/mol. The van der Waals surface area contributed by atoms with Crippen molar-refractivity contribution in [2.75, 3.05) is 27.2 Å². The summed E-state index contributed by atoms with van der Waals surface area (Å²) in [5, 5.41) is 0. The fourth-order valence-corrected chi connectivity index (χ4v) is 14.6. The highest BCUT2D eigenvalue weighted by molar-refractivity contribution is 7.73. The van der Waals surface area contributed by atoms with Crippen molar-refractivity contribution in [1.29, 1.82) is 0 Å². The molecule has 1 heterocycles. The summed E-state index contributed by atoms with van der Waals surface area (Å²) in [4.78, 5) is 0. The first-order chi connectivity index (χ1) is 5.30. The van der Waals surface area contributed by atoms with Crippen LogP contribution >= 0.6 is 22.2 Å². The maximum absolute atomic E-state index is 6.35. The molecule has 1 fully saturated rings. The van der Waals surface area contributed by atoms with Gasteiger partial charge in [0, 0.05) is 13.1 Å². The van der Waals surface area contributed by atoms with E-state index in [9.17, 15) is 0 Å².